The van der Waals surface area contributed by atoms with Gasteiger partial charge in [0.25, 0.3) is 5.91 Å². The second-order valence-corrected chi connectivity index (χ2v) is 9.27. The summed E-state index contributed by atoms with van der Waals surface area (Å²) in [7, 11) is 1.50. The molecule has 2 aliphatic heterocycles. The van der Waals surface area contributed by atoms with Crippen LogP contribution in [-0.4, -0.2) is 53.5 Å². The number of methoxy groups -OCH3 is 1. The van der Waals surface area contributed by atoms with Gasteiger partial charge < -0.3 is 24.2 Å². The number of amides is 2. The summed E-state index contributed by atoms with van der Waals surface area (Å²) in [6, 6.07) is 12.3. The van der Waals surface area contributed by atoms with Gasteiger partial charge in [0, 0.05) is 12.6 Å². The molecule has 2 aromatic carbocycles. The molecule has 8 heteroatoms. The molecule has 0 radical (unpaired) electrons. The van der Waals surface area contributed by atoms with Crippen LogP contribution in [-0.2, 0) is 11.3 Å². The van der Waals surface area contributed by atoms with Gasteiger partial charge in [-0.3, -0.25) is 4.79 Å². The van der Waals surface area contributed by atoms with Crippen LogP contribution >= 0.6 is 0 Å². The van der Waals surface area contributed by atoms with Gasteiger partial charge in [-0.15, -0.1) is 0 Å². The lowest BCUT2D eigenvalue weighted by Crippen LogP contribution is -2.51. The Balaban J connectivity index is 1.79. The number of ether oxygens (including phenoxy) is 3. The Kier molecular flexibility index (Phi) is 6.21. The highest BCUT2D eigenvalue weighted by atomic mass is 16.6. The van der Waals surface area contributed by atoms with Gasteiger partial charge >= 0.3 is 6.09 Å². The summed E-state index contributed by atoms with van der Waals surface area (Å²) >= 11 is 0. The van der Waals surface area contributed by atoms with Crippen molar-refractivity contribution in [3.63, 3.8) is 0 Å². The van der Waals surface area contributed by atoms with E-state index in [1.165, 1.54) is 12.0 Å². The van der Waals surface area contributed by atoms with E-state index in [4.69, 9.17) is 14.2 Å². The summed E-state index contributed by atoms with van der Waals surface area (Å²) in [5, 5.41) is 11.2. The average Bonchev–Trinajstić information content (AvgIpc) is 3.24. The first kappa shape index (κ1) is 22.9. The van der Waals surface area contributed by atoms with Crippen LogP contribution in [0.3, 0.4) is 0 Å². The molecule has 4 rings (SSSR count). The van der Waals surface area contributed by atoms with Crippen LogP contribution in [0.5, 0.6) is 11.5 Å². The number of carbonyl (C=O) groups excluding carboxylic acids is 2. The molecule has 0 spiro atoms. The van der Waals surface area contributed by atoms with Crippen molar-refractivity contribution in [1.29, 1.82) is 0 Å². The molecule has 33 heavy (non-hydrogen) atoms. The van der Waals surface area contributed by atoms with Gasteiger partial charge in [-0.1, -0.05) is 30.3 Å². The number of fused-ring (bicyclic) bond motifs is 2. The average molecular weight is 455 g/mol. The number of hydrogen-bond donors (Lipinski definition) is 1. The molecule has 2 heterocycles. The van der Waals surface area contributed by atoms with E-state index in [9.17, 15) is 14.7 Å². The van der Waals surface area contributed by atoms with Crippen LogP contribution in [0.2, 0.25) is 0 Å². The third-order valence-corrected chi connectivity index (χ3v) is 5.77. The van der Waals surface area contributed by atoms with Crippen molar-refractivity contribution in [3.8, 4) is 11.5 Å². The van der Waals surface area contributed by atoms with E-state index in [0.717, 1.165) is 12.0 Å². The second-order valence-electron chi connectivity index (χ2n) is 9.27. The van der Waals surface area contributed by atoms with Gasteiger partial charge in [-0.25, -0.2) is 9.69 Å². The van der Waals surface area contributed by atoms with Gasteiger partial charge in [-0.2, -0.15) is 0 Å². The molecule has 2 atom stereocenters. The summed E-state index contributed by atoms with van der Waals surface area (Å²) in [6.07, 6.45) is -0.630. The van der Waals surface area contributed by atoms with Crippen LogP contribution in [0.4, 0.5) is 10.5 Å². The predicted octanol–water partition coefficient (Wildman–Crippen LogP) is 3.95. The molecule has 0 bridgehead atoms. The molecule has 2 aliphatic rings. The van der Waals surface area contributed by atoms with E-state index in [0.29, 0.717) is 24.5 Å². The van der Waals surface area contributed by atoms with Crippen molar-refractivity contribution in [2.24, 2.45) is 0 Å². The SMILES string of the molecule is COc1cc2c(cc1OCc1ccccc1)N(C(=O)OC(C)(C)C)[C@@H](O)[C@@H]1CCCN1C2=O. The molecule has 1 fully saturated rings. The number of carbonyl (C=O) groups is 2. The summed E-state index contributed by atoms with van der Waals surface area (Å²) in [5.41, 5.74) is 0.672. The van der Waals surface area contributed by atoms with Crippen molar-refractivity contribution in [2.75, 3.05) is 18.6 Å². The maximum absolute atomic E-state index is 13.4. The number of anilines is 1. The van der Waals surface area contributed by atoms with Crippen LogP contribution < -0.4 is 14.4 Å². The lowest BCUT2D eigenvalue weighted by atomic mass is 10.1. The Morgan fingerprint density at radius 1 is 1.15 bits per heavy atom. The molecular formula is C25H30N2O6. The van der Waals surface area contributed by atoms with Crippen molar-refractivity contribution in [2.45, 2.75) is 58.1 Å². The number of rotatable bonds is 4. The lowest BCUT2D eigenvalue weighted by molar-refractivity contribution is 0.0310. The maximum Gasteiger partial charge on any atom is 0.417 e. The third-order valence-electron chi connectivity index (χ3n) is 5.77. The second kappa shape index (κ2) is 8.94. The lowest BCUT2D eigenvalue weighted by Gasteiger charge is -2.33. The number of nitrogens with zero attached hydrogens (tertiary/aromatic N) is 2. The van der Waals surface area contributed by atoms with Crippen molar-refractivity contribution in [1.82, 2.24) is 4.90 Å². The van der Waals surface area contributed by atoms with Gasteiger partial charge in [0.2, 0.25) is 0 Å². The van der Waals surface area contributed by atoms with Gasteiger partial charge in [0.1, 0.15) is 12.2 Å². The highest BCUT2D eigenvalue weighted by molar-refractivity contribution is 6.06. The van der Waals surface area contributed by atoms with Gasteiger partial charge in [0.05, 0.1) is 24.4 Å². The van der Waals surface area contributed by atoms with Crippen LogP contribution in [0.25, 0.3) is 0 Å². The fraction of sp³-hybridized carbons (Fsp3) is 0.440. The Hall–Kier alpha value is -3.26. The van der Waals surface area contributed by atoms with E-state index in [-0.39, 0.29) is 23.8 Å². The monoisotopic (exact) mass is 454 g/mol. The first-order valence-electron chi connectivity index (χ1n) is 11.1. The molecule has 0 saturated carbocycles. The molecule has 0 aromatic heterocycles. The van der Waals surface area contributed by atoms with Crippen molar-refractivity contribution >= 4 is 17.7 Å². The fourth-order valence-electron chi connectivity index (χ4n) is 4.27. The zero-order valence-corrected chi connectivity index (χ0v) is 19.4. The molecule has 2 aromatic rings. The Morgan fingerprint density at radius 2 is 1.88 bits per heavy atom. The highest BCUT2D eigenvalue weighted by Crippen LogP contribution is 2.41. The molecule has 1 saturated heterocycles. The molecule has 0 unspecified atom stereocenters. The molecular weight excluding hydrogens is 424 g/mol. The quantitative estimate of drug-likeness (QED) is 0.753. The summed E-state index contributed by atoms with van der Waals surface area (Å²) in [5.74, 6) is 0.468. The minimum atomic E-state index is -1.25. The number of benzene rings is 2. The van der Waals surface area contributed by atoms with Crippen LogP contribution in [0.15, 0.2) is 42.5 Å². The Labute approximate surface area is 193 Å². The Morgan fingerprint density at radius 3 is 2.55 bits per heavy atom. The van der Waals surface area contributed by atoms with E-state index in [1.807, 2.05) is 30.3 Å². The standard InChI is InChI=1S/C25H30N2O6/c1-25(2,3)33-24(30)27-19-14-21(32-15-16-9-6-5-7-10-16)20(31-4)13-17(19)22(28)26-12-8-11-18(26)23(27)29/h5-7,9-10,13-14,18,23,29H,8,11-12,15H2,1-4H3/t18-,23-/m0/s1. The molecule has 8 nitrogen and oxygen atoms in total. The van der Waals surface area contributed by atoms with E-state index < -0.39 is 24.0 Å². The third kappa shape index (κ3) is 4.61. The smallest absolute Gasteiger partial charge is 0.417 e. The van der Waals surface area contributed by atoms with E-state index in [2.05, 4.69) is 0 Å². The van der Waals surface area contributed by atoms with Crippen LogP contribution in [0, 0.1) is 0 Å². The minimum Gasteiger partial charge on any atom is -0.493 e. The topological polar surface area (TPSA) is 88.5 Å². The minimum absolute atomic E-state index is 0.236. The van der Waals surface area contributed by atoms with Crippen molar-refractivity contribution in [3.05, 3.63) is 53.6 Å². The number of aliphatic hydroxyl groups is 1. The summed E-state index contributed by atoms with van der Waals surface area (Å²) in [4.78, 5) is 29.4. The first-order valence-corrected chi connectivity index (χ1v) is 11.1. The Bertz CT molecular complexity index is 1030. The highest BCUT2D eigenvalue weighted by Gasteiger charge is 2.45. The van der Waals surface area contributed by atoms with Crippen LogP contribution in [0.1, 0.15) is 49.5 Å². The van der Waals surface area contributed by atoms with Crippen molar-refractivity contribution < 1.29 is 28.9 Å². The normalized spacial score (nSPS) is 20.1. The zero-order valence-electron chi connectivity index (χ0n) is 19.4. The predicted molar refractivity (Wildman–Crippen MR) is 123 cm³/mol. The van der Waals surface area contributed by atoms with E-state index in [1.54, 1.807) is 37.8 Å². The molecule has 1 N–H and O–H groups in total. The van der Waals surface area contributed by atoms with Gasteiger partial charge in [-0.05, 0) is 45.2 Å². The number of hydrogen-bond acceptors (Lipinski definition) is 6. The van der Waals surface area contributed by atoms with Gasteiger partial charge in [0.15, 0.2) is 17.7 Å². The molecule has 2 amide bonds. The number of aliphatic hydroxyl groups excluding tert-OH is 1. The largest absolute Gasteiger partial charge is 0.493 e. The summed E-state index contributed by atoms with van der Waals surface area (Å²) < 4.78 is 17.1. The van der Waals surface area contributed by atoms with E-state index >= 15 is 0 Å². The molecule has 0 aliphatic carbocycles. The maximum atomic E-state index is 13.4. The summed E-state index contributed by atoms with van der Waals surface area (Å²) in [6.45, 7) is 6.05. The molecule has 176 valence electrons. The fourth-order valence-corrected chi connectivity index (χ4v) is 4.27. The first-order chi connectivity index (χ1) is 15.7. The zero-order chi connectivity index (χ0) is 23.8.